The average Bonchev–Trinajstić information content (AvgIpc) is 3.19. The number of rotatable bonds is 25. The molecule has 330 valence electrons. The quantitative estimate of drug-likeness (QED) is 0.0480. The van der Waals surface area contributed by atoms with Gasteiger partial charge in [-0.3, -0.25) is 43.2 Å². The molecule has 0 aliphatic heterocycles. The third kappa shape index (κ3) is 19.5. The van der Waals surface area contributed by atoms with Gasteiger partial charge < -0.3 is 53.8 Å². The van der Waals surface area contributed by atoms with Gasteiger partial charge in [0.15, 0.2) is 0 Å². The normalized spacial score (nSPS) is 13.4. The Kier molecular flexibility index (Phi) is 20.8. The Bertz CT molecular complexity index is 1910. The number of benzene rings is 2. The predicted octanol–water partition coefficient (Wildman–Crippen LogP) is -2.17. The van der Waals surface area contributed by atoms with Crippen molar-refractivity contribution in [3.8, 4) is 0 Å². The molecule has 0 heterocycles. The van der Waals surface area contributed by atoms with Gasteiger partial charge >= 0.3 is 5.97 Å². The molecule has 0 aliphatic carbocycles. The Hall–Kier alpha value is -7.12. The van der Waals surface area contributed by atoms with E-state index >= 15 is 0 Å². The van der Waals surface area contributed by atoms with Crippen LogP contribution in [0.15, 0.2) is 72.8 Å². The van der Waals surface area contributed by atoms with Crippen LogP contribution in [-0.4, -0.2) is 108 Å². The Labute approximate surface area is 352 Å². The zero-order chi connectivity index (χ0) is 45.6. The standard InChI is InChI=1S/C41H55N9O11/c1-23(2)17-27(40(59)50-36(24(3)4)37(43)56)48-38(57)28(18-25-11-7-5-8-12-25)49-39(58)29(20-31(42)51)46-33(53)16-15-32(52)44-21-34(54)45-22-35(55)47-30(41(60)61)19-26-13-9-6-10-14-26/h5-16,23-24,27-30,36H,17-22H2,1-4H3,(H2,42,51)(H2,43,56)(H,44,52)(H,45,54)(H,46,53)(H,47,55)(H,48,57)(H,49,58)(H,50,59)(H,60,61)/b16-15+/t27-,28-,29-,30-,36-/m0/s1. The number of carboxylic acids is 1. The zero-order valence-electron chi connectivity index (χ0n) is 34.4. The minimum Gasteiger partial charge on any atom is -0.480 e. The maximum Gasteiger partial charge on any atom is 0.326 e. The SMILES string of the molecule is CC(C)C[C@H](NC(=O)[C@H](Cc1ccccc1)NC(=O)[C@H](CC(N)=O)NC(=O)/C=C/C(=O)NCC(=O)NCC(=O)N[C@@H](Cc1ccccc1)C(=O)O)C(=O)N[C@H](C(N)=O)C(C)C. The van der Waals surface area contributed by atoms with Crippen molar-refractivity contribution >= 4 is 59.1 Å². The number of nitrogens with one attached hydrogen (secondary N) is 7. The Morgan fingerprint density at radius 1 is 0.574 bits per heavy atom. The van der Waals surface area contributed by atoms with Gasteiger partial charge in [-0.1, -0.05) is 88.4 Å². The first-order chi connectivity index (χ1) is 28.7. The van der Waals surface area contributed by atoms with E-state index in [1.54, 1.807) is 74.5 Å². The van der Waals surface area contributed by atoms with Gasteiger partial charge in [-0.2, -0.15) is 0 Å². The van der Waals surface area contributed by atoms with Crippen LogP contribution in [0.4, 0.5) is 0 Å². The second-order valence-electron chi connectivity index (χ2n) is 14.8. The summed E-state index contributed by atoms with van der Waals surface area (Å²) in [6.07, 6.45) is 0.792. The van der Waals surface area contributed by atoms with E-state index in [4.69, 9.17) is 11.5 Å². The van der Waals surface area contributed by atoms with Crippen LogP contribution < -0.4 is 48.7 Å². The van der Waals surface area contributed by atoms with Crippen molar-refractivity contribution in [1.29, 1.82) is 0 Å². The van der Waals surface area contributed by atoms with Crippen LogP contribution in [0, 0.1) is 11.8 Å². The van der Waals surface area contributed by atoms with E-state index in [0.29, 0.717) is 17.2 Å². The Morgan fingerprint density at radius 3 is 1.57 bits per heavy atom. The number of nitrogens with two attached hydrogens (primary N) is 2. The molecule has 0 saturated heterocycles. The summed E-state index contributed by atoms with van der Waals surface area (Å²) in [5.41, 5.74) is 12.1. The summed E-state index contributed by atoms with van der Waals surface area (Å²) in [5, 5.41) is 26.2. The minimum absolute atomic E-state index is 0.00674. The number of hydrogen-bond acceptors (Lipinski definition) is 10. The molecule has 0 fully saturated rings. The van der Waals surface area contributed by atoms with Crippen molar-refractivity contribution < 1.29 is 53.1 Å². The summed E-state index contributed by atoms with van der Waals surface area (Å²) in [4.78, 5) is 126. The topological polar surface area (TPSA) is 327 Å². The number of hydrogen-bond donors (Lipinski definition) is 10. The molecular formula is C41H55N9O11. The van der Waals surface area contributed by atoms with Gasteiger partial charge in [-0.25, -0.2) is 4.79 Å². The lowest BCUT2D eigenvalue weighted by atomic mass is 9.99. The fourth-order valence-electron chi connectivity index (χ4n) is 5.67. The molecule has 2 aromatic carbocycles. The van der Waals surface area contributed by atoms with Crippen molar-refractivity contribution in [1.82, 2.24) is 37.2 Å². The molecule has 12 N–H and O–H groups in total. The van der Waals surface area contributed by atoms with Gasteiger partial charge in [0.25, 0.3) is 0 Å². The monoisotopic (exact) mass is 849 g/mol. The van der Waals surface area contributed by atoms with Crippen LogP contribution in [0.2, 0.25) is 0 Å². The molecule has 5 atom stereocenters. The number of carbonyl (C=O) groups excluding carboxylic acids is 9. The number of carboxylic acid groups (broad SMARTS) is 1. The highest BCUT2D eigenvalue weighted by Gasteiger charge is 2.32. The molecule has 20 heteroatoms. The highest BCUT2D eigenvalue weighted by Crippen LogP contribution is 2.11. The summed E-state index contributed by atoms with van der Waals surface area (Å²) in [5.74, 6) is -9.54. The summed E-state index contributed by atoms with van der Waals surface area (Å²) < 4.78 is 0. The average molecular weight is 850 g/mol. The van der Waals surface area contributed by atoms with E-state index in [1.807, 2.05) is 13.8 Å². The Balaban J connectivity index is 2.07. The first-order valence-corrected chi connectivity index (χ1v) is 19.4. The van der Waals surface area contributed by atoms with Crippen LogP contribution >= 0.6 is 0 Å². The largest absolute Gasteiger partial charge is 0.480 e. The molecule has 2 aromatic rings. The fourth-order valence-corrected chi connectivity index (χ4v) is 5.67. The van der Waals surface area contributed by atoms with Gasteiger partial charge in [0.1, 0.15) is 30.2 Å². The van der Waals surface area contributed by atoms with E-state index < -0.39 is 109 Å². The first-order valence-electron chi connectivity index (χ1n) is 19.4. The maximum atomic E-state index is 13.8. The van der Waals surface area contributed by atoms with Crippen LogP contribution in [-0.2, 0) is 60.8 Å². The van der Waals surface area contributed by atoms with Crippen molar-refractivity contribution in [3.63, 3.8) is 0 Å². The number of primary amides is 2. The van der Waals surface area contributed by atoms with E-state index in [2.05, 4.69) is 37.2 Å². The molecule has 20 nitrogen and oxygen atoms in total. The lowest BCUT2D eigenvalue weighted by Gasteiger charge is -2.27. The second kappa shape index (κ2) is 25.4. The third-order valence-corrected chi connectivity index (χ3v) is 8.74. The van der Waals surface area contributed by atoms with Crippen molar-refractivity contribution in [2.75, 3.05) is 13.1 Å². The fraction of sp³-hybridized carbons (Fsp3) is 0.415. The van der Waals surface area contributed by atoms with Crippen LogP contribution in [0.25, 0.3) is 0 Å². The molecule has 0 spiro atoms. The van der Waals surface area contributed by atoms with Crippen LogP contribution in [0.1, 0.15) is 51.7 Å². The predicted molar refractivity (Wildman–Crippen MR) is 220 cm³/mol. The Morgan fingerprint density at radius 2 is 1.07 bits per heavy atom. The highest BCUT2D eigenvalue weighted by atomic mass is 16.4. The molecule has 61 heavy (non-hydrogen) atoms. The summed E-state index contributed by atoms with van der Waals surface area (Å²) in [6, 6.07) is 10.7. The lowest BCUT2D eigenvalue weighted by Crippen LogP contribution is -2.59. The smallest absolute Gasteiger partial charge is 0.326 e. The lowest BCUT2D eigenvalue weighted by molar-refractivity contribution is -0.141. The molecule has 0 saturated carbocycles. The number of carbonyl (C=O) groups is 10. The second-order valence-corrected chi connectivity index (χ2v) is 14.8. The van der Waals surface area contributed by atoms with Gasteiger partial charge in [-0.05, 0) is 29.4 Å². The number of amides is 9. The molecule has 0 unspecified atom stereocenters. The molecular weight excluding hydrogens is 795 g/mol. The van der Waals surface area contributed by atoms with Crippen LogP contribution in [0.3, 0.4) is 0 Å². The van der Waals surface area contributed by atoms with E-state index in [0.717, 1.165) is 6.08 Å². The van der Waals surface area contributed by atoms with Gasteiger partial charge in [0, 0.05) is 25.0 Å². The summed E-state index contributed by atoms with van der Waals surface area (Å²) >= 11 is 0. The maximum absolute atomic E-state index is 13.8. The van der Waals surface area contributed by atoms with Gasteiger partial charge in [-0.15, -0.1) is 0 Å². The zero-order valence-corrected chi connectivity index (χ0v) is 34.4. The van der Waals surface area contributed by atoms with E-state index in [9.17, 15) is 53.1 Å². The molecule has 2 rings (SSSR count). The molecule has 0 radical (unpaired) electrons. The molecule has 0 bridgehead atoms. The highest BCUT2D eigenvalue weighted by molar-refractivity contribution is 6.01. The molecule has 0 aliphatic rings. The van der Waals surface area contributed by atoms with E-state index in [-0.39, 0.29) is 31.1 Å². The van der Waals surface area contributed by atoms with Gasteiger partial charge in [0.2, 0.25) is 53.2 Å². The van der Waals surface area contributed by atoms with Crippen molar-refractivity contribution in [2.24, 2.45) is 23.3 Å². The van der Waals surface area contributed by atoms with E-state index in [1.165, 1.54) is 0 Å². The van der Waals surface area contributed by atoms with Crippen LogP contribution in [0.5, 0.6) is 0 Å². The van der Waals surface area contributed by atoms with Gasteiger partial charge in [0.05, 0.1) is 19.5 Å². The summed E-state index contributed by atoms with van der Waals surface area (Å²) in [7, 11) is 0. The first kappa shape index (κ1) is 50.0. The molecule has 0 aromatic heterocycles. The molecule has 9 amide bonds. The van der Waals surface area contributed by atoms with Crippen molar-refractivity contribution in [3.05, 3.63) is 83.9 Å². The van der Waals surface area contributed by atoms with Crippen molar-refractivity contribution in [2.45, 2.75) is 83.6 Å². The minimum atomic E-state index is -1.63. The number of aliphatic carboxylic acids is 1. The third-order valence-electron chi connectivity index (χ3n) is 8.74. The summed E-state index contributed by atoms with van der Waals surface area (Å²) in [6.45, 7) is 5.78.